The molecule has 0 spiro atoms. The lowest BCUT2D eigenvalue weighted by molar-refractivity contribution is -0.123. The van der Waals surface area contributed by atoms with E-state index in [1.54, 1.807) is 12.1 Å². The molecule has 1 fully saturated rings. The van der Waals surface area contributed by atoms with Gasteiger partial charge in [-0.15, -0.1) is 0 Å². The van der Waals surface area contributed by atoms with Crippen molar-refractivity contribution in [2.75, 3.05) is 11.4 Å². The lowest BCUT2D eigenvalue weighted by atomic mass is 9.79. The van der Waals surface area contributed by atoms with Crippen molar-refractivity contribution in [1.82, 2.24) is 10.2 Å². The van der Waals surface area contributed by atoms with E-state index in [9.17, 15) is 14.0 Å². The van der Waals surface area contributed by atoms with Gasteiger partial charge in [-0.2, -0.15) is 0 Å². The Kier molecular flexibility index (Phi) is 5.99. The molecule has 5 nitrogen and oxygen atoms in total. The highest BCUT2D eigenvalue weighted by atomic mass is 19.1. The number of amides is 3. The molecule has 2 aliphatic rings. The molecule has 174 valence electrons. The van der Waals surface area contributed by atoms with E-state index < -0.39 is 23.6 Å². The summed E-state index contributed by atoms with van der Waals surface area (Å²) in [7, 11) is 0. The first-order chi connectivity index (χ1) is 15.6. The van der Waals surface area contributed by atoms with E-state index in [-0.39, 0.29) is 29.3 Å². The van der Waals surface area contributed by atoms with Gasteiger partial charge in [-0.05, 0) is 74.1 Å². The van der Waals surface area contributed by atoms with Gasteiger partial charge in [-0.3, -0.25) is 9.69 Å². The third-order valence-corrected chi connectivity index (χ3v) is 6.47. The second-order valence-electron chi connectivity index (χ2n) is 9.51. The largest absolute Gasteiger partial charge is 0.366 e. The predicted octanol–water partition coefficient (Wildman–Crippen LogP) is 5.56. The van der Waals surface area contributed by atoms with E-state index in [2.05, 4.69) is 37.9 Å². The van der Waals surface area contributed by atoms with Gasteiger partial charge in [0.25, 0.3) is 5.91 Å². The molecular formula is C26H29F2N3O2. The van der Waals surface area contributed by atoms with Gasteiger partial charge in [-0.25, -0.2) is 13.6 Å². The first kappa shape index (κ1) is 23.0. The highest BCUT2D eigenvalue weighted by Crippen LogP contribution is 2.44. The van der Waals surface area contributed by atoms with Gasteiger partial charge in [0.1, 0.15) is 17.3 Å². The summed E-state index contributed by atoms with van der Waals surface area (Å²) in [6.45, 7) is 9.43. The van der Waals surface area contributed by atoms with Crippen LogP contribution in [0.5, 0.6) is 0 Å². The van der Waals surface area contributed by atoms with Gasteiger partial charge in [0.15, 0.2) is 0 Å². The Labute approximate surface area is 193 Å². The molecule has 33 heavy (non-hydrogen) atoms. The summed E-state index contributed by atoms with van der Waals surface area (Å²) in [6, 6.07) is 8.35. The molecule has 1 N–H and O–H groups in total. The number of carbonyl (C=O) groups excluding carboxylic acids is 2. The summed E-state index contributed by atoms with van der Waals surface area (Å²) < 4.78 is 28.3. The molecule has 2 heterocycles. The average Bonchev–Trinajstić information content (AvgIpc) is 3.00. The molecule has 0 bridgehead atoms. The molecule has 3 amide bonds. The number of rotatable bonds is 5. The summed E-state index contributed by atoms with van der Waals surface area (Å²) in [4.78, 5) is 28.5. The molecule has 4 rings (SSSR count). The van der Waals surface area contributed by atoms with Crippen LogP contribution in [0.2, 0.25) is 0 Å². The van der Waals surface area contributed by atoms with Crippen molar-refractivity contribution in [2.45, 2.75) is 58.5 Å². The van der Waals surface area contributed by atoms with E-state index in [1.165, 1.54) is 30.3 Å². The first-order valence-electron chi connectivity index (χ1n) is 11.3. The van der Waals surface area contributed by atoms with Crippen molar-refractivity contribution in [1.29, 1.82) is 0 Å². The van der Waals surface area contributed by atoms with Gasteiger partial charge >= 0.3 is 6.03 Å². The lowest BCUT2D eigenvalue weighted by Crippen LogP contribution is -2.48. The topological polar surface area (TPSA) is 52.7 Å². The molecule has 1 atom stereocenters. The number of nitrogens with zero attached hydrogens (tertiary/aromatic N) is 2. The number of benzene rings is 2. The second-order valence-corrected chi connectivity index (χ2v) is 9.51. The van der Waals surface area contributed by atoms with Crippen LogP contribution in [-0.4, -0.2) is 28.9 Å². The SMILES string of the molecule is CCCN1c2cc(F)c(/C=C3/NC(=O)N(Cc4ccc(F)cc4)C3=O)cc2C(C)CC1(C)C. The number of urea groups is 1. The lowest BCUT2D eigenvalue weighted by Gasteiger charge is -2.47. The van der Waals surface area contributed by atoms with Crippen LogP contribution in [0.1, 0.15) is 63.1 Å². The minimum atomic E-state index is -0.585. The summed E-state index contributed by atoms with van der Waals surface area (Å²) in [6.07, 6.45) is 3.29. The highest BCUT2D eigenvalue weighted by Gasteiger charge is 2.37. The van der Waals surface area contributed by atoms with E-state index in [1.807, 2.05) is 0 Å². The maximum absolute atomic E-state index is 15.2. The molecule has 2 aromatic rings. The number of fused-ring (bicyclic) bond motifs is 1. The third kappa shape index (κ3) is 4.36. The molecule has 0 aliphatic carbocycles. The van der Waals surface area contributed by atoms with Gasteiger partial charge in [0.2, 0.25) is 0 Å². The Morgan fingerprint density at radius 2 is 1.85 bits per heavy atom. The van der Waals surface area contributed by atoms with Crippen LogP contribution in [-0.2, 0) is 11.3 Å². The molecule has 7 heteroatoms. The minimum Gasteiger partial charge on any atom is -0.366 e. The molecule has 0 radical (unpaired) electrons. The van der Waals surface area contributed by atoms with E-state index in [4.69, 9.17) is 0 Å². The van der Waals surface area contributed by atoms with Gasteiger partial charge in [0.05, 0.1) is 6.54 Å². The fourth-order valence-corrected chi connectivity index (χ4v) is 4.92. The van der Waals surface area contributed by atoms with Crippen molar-refractivity contribution in [3.05, 3.63) is 70.4 Å². The zero-order valence-electron chi connectivity index (χ0n) is 19.4. The zero-order valence-corrected chi connectivity index (χ0v) is 19.4. The Morgan fingerprint density at radius 1 is 1.15 bits per heavy atom. The Hall–Kier alpha value is -3.22. The van der Waals surface area contributed by atoms with Crippen LogP contribution >= 0.6 is 0 Å². The molecule has 0 saturated carbocycles. The van der Waals surface area contributed by atoms with Gasteiger partial charge in [-0.1, -0.05) is 26.0 Å². The maximum atomic E-state index is 15.2. The van der Waals surface area contributed by atoms with Crippen molar-refractivity contribution in [3.63, 3.8) is 0 Å². The second kappa shape index (κ2) is 8.61. The van der Waals surface area contributed by atoms with Crippen LogP contribution in [0.4, 0.5) is 19.3 Å². The van der Waals surface area contributed by atoms with Crippen LogP contribution in [0.3, 0.4) is 0 Å². The van der Waals surface area contributed by atoms with Crippen molar-refractivity contribution >= 4 is 23.7 Å². The fourth-order valence-electron chi connectivity index (χ4n) is 4.92. The summed E-state index contributed by atoms with van der Waals surface area (Å²) in [5.41, 5.74) is 2.76. The highest BCUT2D eigenvalue weighted by molar-refractivity contribution is 6.13. The quantitative estimate of drug-likeness (QED) is 0.476. The van der Waals surface area contributed by atoms with Crippen molar-refractivity contribution < 1.29 is 18.4 Å². The smallest absolute Gasteiger partial charge is 0.329 e. The van der Waals surface area contributed by atoms with Gasteiger partial charge < -0.3 is 10.2 Å². The van der Waals surface area contributed by atoms with Crippen molar-refractivity contribution in [2.24, 2.45) is 0 Å². The molecule has 2 aromatic carbocycles. The Bertz CT molecular complexity index is 1130. The van der Waals surface area contributed by atoms with Crippen LogP contribution in [0.15, 0.2) is 42.1 Å². The Morgan fingerprint density at radius 3 is 2.52 bits per heavy atom. The monoisotopic (exact) mass is 453 g/mol. The molecule has 1 saturated heterocycles. The summed E-state index contributed by atoms with van der Waals surface area (Å²) in [5, 5.41) is 2.54. The third-order valence-electron chi connectivity index (χ3n) is 6.47. The minimum absolute atomic E-state index is 0.00700. The normalized spacial score (nSPS) is 20.9. The number of halogens is 2. The number of hydrogen-bond acceptors (Lipinski definition) is 3. The standard InChI is InChI=1S/C26H29F2N3O2/c1-5-10-31-23-13-21(28)18(11-20(23)16(2)14-26(31,3)4)12-22-24(32)30(25(33)29-22)15-17-6-8-19(27)9-7-17/h6-9,11-13,16H,5,10,14-15H2,1-4H3,(H,29,33)/b22-12+. The van der Waals surface area contributed by atoms with Crippen molar-refractivity contribution in [3.8, 4) is 0 Å². The fraction of sp³-hybridized carbons (Fsp3) is 0.385. The number of nitrogens with one attached hydrogen (secondary N) is 1. The molecule has 1 unspecified atom stereocenters. The van der Waals surface area contributed by atoms with Crippen LogP contribution in [0.25, 0.3) is 6.08 Å². The number of anilines is 1. The Balaban J connectivity index is 1.64. The van der Waals surface area contributed by atoms with Crippen LogP contribution < -0.4 is 10.2 Å². The summed E-state index contributed by atoms with van der Waals surface area (Å²) in [5.74, 6) is -1.14. The number of carbonyl (C=O) groups is 2. The van der Waals surface area contributed by atoms with E-state index in [0.717, 1.165) is 35.5 Å². The number of hydrogen-bond donors (Lipinski definition) is 1. The number of imide groups is 1. The van der Waals surface area contributed by atoms with E-state index in [0.29, 0.717) is 5.56 Å². The van der Waals surface area contributed by atoms with Gasteiger partial charge in [0, 0.05) is 23.3 Å². The van der Waals surface area contributed by atoms with E-state index >= 15 is 4.39 Å². The first-order valence-corrected chi connectivity index (χ1v) is 11.3. The molecular weight excluding hydrogens is 424 g/mol. The summed E-state index contributed by atoms with van der Waals surface area (Å²) >= 11 is 0. The molecule has 0 aromatic heterocycles. The predicted molar refractivity (Wildman–Crippen MR) is 125 cm³/mol. The molecule has 2 aliphatic heterocycles. The maximum Gasteiger partial charge on any atom is 0.329 e. The van der Waals surface area contributed by atoms with Crippen LogP contribution in [0, 0.1) is 11.6 Å². The average molecular weight is 454 g/mol. The zero-order chi connectivity index (χ0) is 23.9.